The fourth-order valence-corrected chi connectivity index (χ4v) is 2.76. The van der Waals surface area contributed by atoms with E-state index in [9.17, 15) is 4.79 Å². The average molecular weight is 251 g/mol. The molecular formula is C17H17NO. The second-order valence-corrected chi connectivity index (χ2v) is 5.05. The minimum Gasteiger partial charge on any atom is -0.345 e. The number of likely N-dealkylation sites (N-methyl/N-ethyl adjacent to an activating group) is 1. The number of nitrogens with zero attached hydrogens (tertiary/aromatic N) is 1. The summed E-state index contributed by atoms with van der Waals surface area (Å²) in [4.78, 5) is 14.5. The molecule has 1 unspecified atom stereocenters. The van der Waals surface area contributed by atoms with Gasteiger partial charge in [0.1, 0.15) is 0 Å². The lowest BCUT2D eigenvalue weighted by Crippen LogP contribution is -2.31. The maximum atomic E-state index is 12.6. The van der Waals surface area contributed by atoms with Crippen LogP contribution in [0.15, 0.2) is 54.6 Å². The van der Waals surface area contributed by atoms with E-state index in [0.717, 1.165) is 24.1 Å². The molecule has 0 fully saturated rings. The maximum Gasteiger partial charge on any atom is 0.234 e. The van der Waals surface area contributed by atoms with Crippen molar-refractivity contribution in [2.24, 2.45) is 0 Å². The molecule has 2 nitrogen and oxygen atoms in total. The van der Waals surface area contributed by atoms with Crippen LogP contribution in [0.5, 0.6) is 0 Å². The van der Waals surface area contributed by atoms with E-state index in [4.69, 9.17) is 0 Å². The molecule has 96 valence electrons. The maximum absolute atomic E-state index is 12.6. The molecule has 1 atom stereocenters. The Labute approximate surface area is 113 Å². The van der Waals surface area contributed by atoms with Crippen molar-refractivity contribution in [3.8, 4) is 0 Å². The monoisotopic (exact) mass is 251 g/mol. The summed E-state index contributed by atoms with van der Waals surface area (Å²) in [7, 11) is 1.89. The van der Waals surface area contributed by atoms with Crippen molar-refractivity contribution in [3.05, 3.63) is 71.3 Å². The number of hydrogen-bond donors (Lipinski definition) is 0. The molecule has 2 aromatic carbocycles. The van der Waals surface area contributed by atoms with E-state index in [2.05, 4.69) is 18.2 Å². The lowest BCUT2D eigenvalue weighted by Gasteiger charge is -2.21. The number of carbonyl (C=O) groups is 1. The molecule has 2 heteroatoms. The summed E-state index contributed by atoms with van der Waals surface area (Å²) in [6.07, 6.45) is 0.932. The second kappa shape index (κ2) is 4.88. The fraction of sp³-hybridized carbons (Fsp3) is 0.235. The van der Waals surface area contributed by atoms with Crippen LogP contribution in [0.2, 0.25) is 0 Å². The van der Waals surface area contributed by atoms with Gasteiger partial charge in [0.2, 0.25) is 5.91 Å². The molecule has 2 aromatic rings. The van der Waals surface area contributed by atoms with Crippen molar-refractivity contribution in [3.63, 3.8) is 0 Å². The molecule has 3 rings (SSSR count). The third-order valence-corrected chi connectivity index (χ3v) is 3.84. The van der Waals surface area contributed by atoms with Crippen LogP contribution in [-0.2, 0) is 11.2 Å². The Bertz CT molecular complexity index is 591. The third-order valence-electron chi connectivity index (χ3n) is 3.84. The van der Waals surface area contributed by atoms with Gasteiger partial charge < -0.3 is 4.90 Å². The lowest BCUT2D eigenvalue weighted by molar-refractivity contribution is -0.130. The van der Waals surface area contributed by atoms with Crippen LogP contribution in [0.4, 0.5) is 0 Å². The molecule has 0 radical (unpaired) electrons. The molecule has 0 saturated heterocycles. The van der Waals surface area contributed by atoms with Gasteiger partial charge in [-0.15, -0.1) is 0 Å². The Balaban J connectivity index is 2.16. The minimum atomic E-state index is -0.162. The van der Waals surface area contributed by atoms with E-state index < -0.39 is 0 Å². The highest BCUT2D eigenvalue weighted by atomic mass is 16.2. The standard InChI is InChI=1S/C17H17NO/c1-18-12-11-13-7-5-6-10-15(13)16(17(18)19)14-8-3-2-4-9-14/h2-10,16H,11-12H2,1H3. The molecule has 0 spiro atoms. The zero-order valence-electron chi connectivity index (χ0n) is 11.0. The molecule has 0 aliphatic carbocycles. The van der Waals surface area contributed by atoms with Crippen LogP contribution in [0.1, 0.15) is 22.6 Å². The molecule has 0 aromatic heterocycles. The average Bonchev–Trinajstić information content (AvgIpc) is 2.58. The lowest BCUT2D eigenvalue weighted by atomic mass is 9.87. The van der Waals surface area contributed by atoms with Crippen LogP contribution in [0.3, 0.4) is 0 Å². The van der Waals surface area contributed by atoms with Crippen LogP contribution < -0.4 is 0 Å². The first-order chi connectivity index (χ1) is 9.27. The summed E-state index contributed by atoms with van der Waals surface area (Å²) in [5, 5.41) is 0. The summed E-state index contributed by atoms with van der Waals surface area (Å²) >= 11 is 0. The predicted molar refractivity (Wildman–Crippen MR) is 76.1 cm³/mol. The minimum absolute atomic E-state index is 0.162. The first-order valence-corrected chi connectivity index (χ1v) is 6.65. The Morgan fingerprint density at radius 3 is 2.47 bits per heavy atom. The normalized spacial score (nSPS) is 18.9. The summed E-state index contributed by atoms with van der Waals surface area (Å²) in [5.41, 5.74) is 3.52. The molecule has 1 aliphatic heterocycles. The molecule has 0 saturated carbocycles. The second-order valence-electron chi connectivity index (χ2n) is 5.05. The van der Waals surface area contributed by atoms with Crippen LogP contribution in [0.25, 0.3) is 0 Å². The Morgan fingerprint density at radius 1 is 1.00 bits per heavy atom. The number of fused-ring (bicyclic) bond motifs is 1. The van der Waals surface area contributed by atoms with Gasteiger partial charge in [-0.3, -0.25) is 4.79 Å². The number of carbonyl (C=O) groups excluding carboxylic acids is 1. The smallest absolute Gasteiger partial charge is 0.234 e. The molecule has 19 heavy (non-hydrogen) atoms. The van der Waals surface area contributed by atoms with Crippen LogP contribution in [-0.4, -0.2) is 24.4 Å². The van der Waals surface area contributed by atoms with Crippen molar-refractivity contribution in [1.82, 2.24) is 4.90 Å². The summed E-state index contributed by atoms with van der Waals surface area (Å²) in [5.74, 6) is 0.0288. The molecule has 1 aliphatic rings. The van der Waals surface area contributed by atoms with Gasteiger partial charge in [0.05, 0.1) is 5.92 Å². The molecule has 0 N–H and O–H groups in total. The highest BCUT2D eigenvalue weighted by Crippen LogP contribution is 2.31. The fourth-order valence-electron chi connectivity index (χ4n) is 2.76. The topological polar surface area (TPSA) is 20.3 Å². The van der Waals surface area contributed by atoms with E-state index in [0.29, 0.717) is 0 Å². The van der Waals surface area contributed by atoms with Crippen molar-refractivity contribution in [2.45, 2.75) is 12.3 Å². The van der Waals surface area contributed by atoms with Gasteiger partial charge in [0, 0.05) is 13.6 Å². The van der Waals surface area contributed by atoms with Crippen molar-refractivity contribution < 1.29 is 4.79 Å². The number of benzene rings is 2. The predicted octanol–water partition coefficient (Wildman–Crippen LogP) is 2.83. The number of hydrogen-bond acceptors (Lipinski definition) is 1. The van der Waals surface area contributed by atoms with E-state index >= 15 is 0 Å². The molecule has 1 amide bonds. The Hall–Kier alpha value is -2.09. The zero-order valence-corrected chi connectivity index (χ0v) is 11.0. The largest absolute Gasteiger partial charge is 0.345 e. The zero-order chi connectivity index (χ0) is 13.2. The van der Waals surface area contributed by atoms with Gasteiger partial charge in [-0.2, -0.15) is 0 Å². The van der Waals surface area contributed by atoms with E-state index in [1.54, 1.807) is 0 Å². The number of amides is 1. The van der Waals surface area contributed by atoms with Gasteiger partial charge >= 0.3 is 0 Å². The Morgan fingerprint density at radius 2 is 1.68 bits per heavy atom. The summed E-state index contributed by atoms with van der Waals surface area (Å²) < 4.78 is 0. The SMILES string of the molecule is CN1CCc2ccccc2C(c2ccccc2)C1=O. The third kappa shape index (κ3) is 2.14. The summed E-state index contributed by atoms with van der Waals surface area (Å²) in [6.45, 7) is 0.791. The molecule has 0 bridgehead atoms. The summed E-state index contributed by atoms with van der Waals surface area (Å²) in [6, 6.07) is 18.4. The first kappa shape index (κ1) is 12.0. The van der Waals surface area contributed by atoms with Crippen molar-refractivity contribution in [1.29, 1.82) is 0 Å². The van der Waals surface area contributed by atoms with E-state index in [1.165, 1.54) is 5.56 Å². The Kier molecular flexibility index (Phi) is 3.08. The van der Waals surface area contributed by atoms with E-state index in [1.807, 2.05) is 48.3 Å². The van der Waals surface area contributed by atoms with Gasteiger partial charge in [-0.05, 0) is 23.1 Å². The highest BCUT2D eigenvalue weighted by Gasteiger charge is 2.29. The first-order valence-electron chi connectivity index (χ1n) is 6.65. The number of rotatable bonds is 1. The molecule has 1 heterocycles. The van der Waals surface area contributed by atoms with Gasteiger partial charge in [-0.1, -0.05) is 54.6 Å². The van der Waals surface area contributed by atoms with Gasteiger partial charge in [0.25, 0.3) is 0 Å². The van der Waals surface area contributed by atoms with E-state index in [-0.39, 0.29) is 11.8 Å². The van der Waals surface area contributed by atoms with Crippen molar-refractivity contribution in [2.75, 3.05) is 13.6 Å². The van der Waals surface area contributed by atoms with Gasteiger partial charge in [-0.25, -0.2) is 0 Å². The molecular weight excluding hydrogens is 234 g/mol. The van der Waals surface area contributed by atoms with Crippen molar-refractivity contribution >= 4 is 5.91 Å². The highest BCUT2D eigenvalue weighted by molar-refractivity contribution is 5.88. The van der Waals surface area contributed by atoms with Gasteiger partial charge in [0.15, 0.2) is 0 Å². The quantitative estimate of drug-likeness (QED) is 0.763. The van der Waals surface area contributed by atoms with Crippen LogP contribution in [0, 0.1) is 0 Å². The van der Waals surface area contributed by atoms with Crippen LogP contribution >= 0.6 is 0 Å².